The number of nitrogens with two attached hydrogens (primary N) is 1. The quantitative estimate of drug-likeness (QED) is 0.0462. The highest BCUT2D eigenvalue weighted by atomic mass is 79.9. The number of alkyl carbamates (subject to hydrolysis) is 2. The number of carbonyl (C=O) groups excluding carboxylic acids is 2. The van der Waals surface area contributed by atoms with E-state index in [0.717, 1.165) is 119 Å². The Morgan fingerprint density at radius 3 is 1.22 bits per heavy atom. The number of aliphatic hydroxyl groups is 1. The molecule has 2 amide bonds. The van der Waals surface area contributed by atoms with Gasteiger partial charge >= 0.3 is 12.2 Å². The smallest absolute Gasteiger partial charge is 0.407 e. The van der Waals surface area contributed by atoms with E-state index in [0.29, 0.717) is 53.9 Å². The molecule has 0 saturated heterocycles. The van der Waals surface area contributed by atoms with Crippen LogP contribution in [0, 0.1) is 0 Å². The van der Waals surface area contributed by atoms with Crippen LogP contribution >= 0.6 is 71.3 Å². The summed E-state index contributed by atoms with van der Waals surface area (Å²) < 4.78 is 38.2. The minimum atomic E-state index is -0.472. The molecular formula is C70H91Br3N14O10S2. The standard InChI is InChI=1S/C20H21N5O2S.C15H17BrN4OS.C15H21BrN2O3.C10H13BrN2O.C10H19NO3/c1-28-17-12-22-20(23-13-17)24-14-5-7-16(10-14)27-18-8-6-15(11-21-18)25-9-3-2-4-19(25)26;1-22-13-8-18-15(19-9-13)20-11-3-4-12(6-11)21-14-5-2-10(16)7-17-14;1-15(2,3)21-14(19)18-11-5-6-12(8-11)20-13-7-4-10(16)9-17-13;11-7-1-4-10(13-6-7)14-9-3-2-8(12)5-9;1-10(2,3)14-9(13)11-7-4-5-8(12)6-7/h2-4,6,8-9,11-14,16H,5,7,10H2,1H3,(H,22,23,24);2,5,7-9,11-12H,3-4,6H2,1H3,(H,18,19,20);4,7,9,11-12H,5-6,8H2,1-3H3,(H,18,19);1,4,6,8-9H,2-3,5,12H2;7-8,12H,4-6H2,1-3H3,(H,11,13)/t14-,16-;2*11-,12-;8-,9-;7-,8+/m00000/s1. The number of rotatable bonds is 17. The molecule has 5 saturated carbocycles. The Morgan fingerprint density at radius 2 is 0.869 bits per heavy atom. The van der Waals surface area contributed by atoms with Crippen LogP contribution in [-0.4, -0.2) is 146 Å². The van der Waals surface area contributed by atoms with Crippen LogP contribution in [0.15, 0.2) is 151 Å². The Labute approximate surface area is 613 Å². The van der Waals surface area contributed by atoms with Crippen molar-refractivity contribution in [3.05, 3.63) is 146 Å². The third-order valence-electron chi connectivity index (χ3n) is 15.9. The molecule has 0 unspecified atom stereocenters. The lowest BCUT2D eigenvalue weighted by Crippen LogP contribution is -2.38. The maximum atomic E-state index is 11.9. The Morgan fingerprint density at radius 1 is 0.485 bits per heavy atom. The van der Waals surface area contributed by atoms with Crippen LogP contribution in [0.4, 0.5) is 21.5 Å². The third-order valence-corrected chi connectivity index (χ3v) is 18.7. The number of amides is 2. The molecule has 7 N–H and O–H groups in total. The Kier molecular flexibility index (Phi) is 30.5. The highest BCUT2D eigenvalue weighted by molar-refractivity contribution is 9.11. The van der Waals surface area contributed by atoms with Gasteiger partial charge in [-0.1, -0.05) is 6.07 Å². The average Bonchev–Trinajstić information content (AvgIpc) is 1.69. The molecule has 5 aliphatic rings. The Balaban J connectivity index is 0.000000162. The van der Waals surface area contributed by atoms with Crippen molar-refractivity contribution in [3.63, 3.8) is 0 Å². The van der Waals surface area contributed by atoms with E-state index in [9.17, 15) is 19.5 Å². The number of thioether (sulfide) groups is 2. The zero-order chi connectivity index (χ0) is 70.9. The summed E-state index contributed by atoms with van der Waals surface area (Å²) in [5.74, 6) is 3.88. The summed E-state index contributed by atoms with van der Waals surface area (Å²) in [6.07, 6.45) is 33.2. The fourth-order valence-corrected chi connectivity index (χ4v) is 12.6. The molecule has 7 heterocycles. The summed E-state index contributed by atoms with van der Waals surface area (Å²) in [6.45, 7) is 11.0. The van der Waals surface area contributed by atoms with Crippen LogP contribution in [0.1, 0.15) is 138 Å². The van der Waals surface area contributed by atoms with Gasteiger partial charge in [-0.15, -0.1) is 23.5 Å². The molecule has 0 aromatic carbocycles. The van der Waals surface area contributed by atoms with E-state index < -0.39 is 17.3 Å². The molecule has 0 radical (unpaired) electrons. The molecule has 99 heavy (non-hydrogen) atoms. The lowest BCUT2D eigenvalue weighted by atomic mass is 10.2. The summed E-state index contributed by atoms with van der Waals surface area (Å²) in [5, 5.41) is 21.6. The molecule has 0 aliphatic heterocycles. The Bertz CT molecular complexity index is 3630. The number of halogens is 3. The minimum absolute atomic E-state index is 0.0693. The molecule has 12 rings (SSSR count). The maximum absolute atomic E-state index is 11.9. The van der Waals surface area contributed by atoms with Crippen LogP contribution in [0.2, 0.25) is 0 Å². The molecule has 7 aromatic heterocycles. The second-order valence-corrected chi connectivity index (χ2v) is 30.9. The normalized spacial score (nSPS) is 22.2. The van der Waals surface area contributed by atoms with E-state index in [1.165, 1.54) is 6.07 Å². The number of pyridine rings is 5. The molecule has 5 aliphatic carbocycles. The zero-order valence-corrected chi connectivity index (χ0v) is 63.5. The van der Waals surface area contributed by atoms with Crippen molar-refractivity contribution in [1.82, 2.24) is 55.1 Å². The summed E-state index contributed by atoms with van der Waals surface area (Å²) in [5.41, 5.74) is 5.50. The average molecular weight is 1590 g/mol. The van der Waals surface area contributed by atoms with E-state index in [2.05, 4.69) is 109 Å². The van der Waals surface area contributed by atoms with Gasteiger partial charge in [-0.25, -0.2) is 49.5 Å². The van der Waals surface area contributed by atoms with Crippen molar-refractivity contribution in [2.24, 2.45) is 5.73 Å². The second kappa shape index (κ2) is 38.8. The molecule has 24 nitrogen and oxygen atoms in total. The van der Waals surface area contributed by atoms with Crippen LogP contribution in [0.5, 0.6) is 23.5 Å². The number of hydrogen-bond donors (Lipinski definition) is 6. The largest absolute Gasteiger partial charge is 0.474 e. The van der Waals surface area contributed by atoms with Gasteiger partial charge in [-0.05, 0) is 209 Å². The fourth-order valence-electron chi connectivity index (χ4n) is 11.2. The van der Waals surface area contributed by atoms with Crippen molar-refractivity contribution < 1.29 is 43.1 Å². The first-order valence-electron chi connectivity index (χ1n) is 33.2. The van der Waals surface area contributed by atoms with E-state index >= 15 is 0 Å². The van der Waals surface area contributed by atoms with Gasteiger partial charge < -0.3 is 60.5 Å². The Hall–Kier alpha value is -6.89. The van der Waals surface area contributed by atoms with E-state index in [-0.39, 0.29) is 60.3 Å². The minimum Gasteiger partial charge on any atom is -0.474 e. The molecule has 10 atom stereocenters. The first kappa shape index (κ1) is 77.8. The first-order chi connectivity index (χ1) is 47.4. The summed E-state index contributed by atoms with van der Waals surface area (Å²) >= 11 is 13.3. The van der Waals surface area contributed by atoms with E-state index in [1.54, 1.807) is 71.2 Å². The molecule has 29 heteroatoms. The van der Waals surface area contributed by atoms with E-state index in [4.69, 9.17) is 34.2 Å². The lowest BCUT2D eigenvalue weighted by Gasteiger charge is -2.21. The van der Waals surface area contributed by atoms with Crippen LogP contribution in [0.25, 0.3) is 5.69 Å². The molecular weight excluding hydrogens is 1500 g/mol. The SMILES string of the molecule is CC(C)(C)OC(=O)N[C@H]1CC[C@@H](O)C1.CC(C)(C)OC(=O)N[C@H]1CC[C@H](Oc2ccc(Br)cn2)C1.CSc1cnc(N[C@H]2CC[C@H](Oc3ccc(-n4ccccc4=O)cn3)C2)nc1.CSc1cnc(N[C@H]2CC[C@H](Oc3ccc(Br)cn3)C2)nc1.N[C@H]1CC[C@H](Oc2ccc(Br)cn2)C1. The number of anilines is 2. The number of aliphatic hydroxyl groups excluding tert-OH is 1. The highest BCUT2D eigenvalue weighted by Gasteiger charge is 2.32. The van der Waals surface area contributed by atoms with Gasteiger partial charge in [0.1, 0.15) is 35.6 Å². The van der Waals surface area contributed by atoms with Crippen LogP contribution < -0.4 is 51.5 Å². The van der Waals surface area contributed by atoms with Crippen LogP contribution in [0.3, 0.4) is 0 Å². The van der Waals surface area contributed by atoms with Crippen molar-refractivity contribution in [1.29, 1.82) is 0 Å². The monoisotopic (exact) mass is 1590 g/mol. The van der Waals surface area contributed by atoms with Gasteiger partial charge in [-0.3, -0.25) is 9.36 Å². The van der Waals surface area contributed by atoms with Gasteiger partial charge in [0.25, 0.3) is 5.56 Å². The molecule has 534 valence electrons. The lowest BCUT2D eigenvalue weighted by molar-refractivity contribution is 0.0490. The van der Waals surface area contributed by atoms with Crippen molar-refractivity contribution in [3.8, 4) is 29.2 Å². The number of ether oxygens (including phenoxy) is 6. The predicted molar refractivity (Wildman–Crippen MR) is 395 cm³/mol. The van der Waals surface area contributed by atoms with Gasteiger partial charge in [0, 0.05) is 153 Å². The van der Waals surface area contributed by atoms with Gasteiger partial charge in [0.2, 0.25) is 35.4 Å². The number of carbonyl (C=O) groups is 2. The number of aromatic nitrogens is 9. The van der Waals surface area contributed by atoms with Crippen molar-refractivity contribution >= 4 is 95.4 Å². The summed E-state index contributed by atoms with van der Waals surface area (Å²) in [7, 11) is 0. The van der Waals surface area contributed by atoms with Crippen molar-refractivity contribution in [2.75, 3.05) is 23.1 Å². The van der Waals surface area contributed by atoms with E-state index in [1.807, 2.05) is 127 Å². The second-order valence-electron chi connectivity index (χ2n) is 26.4. The van der Waals surface area contributed by atoms with Gasteiger partial charge in [-0.2, -0.15) is 0 Å². The number of nitrogens with zero attached hydrogens (tertiary/aromatic N) is 9. The number of nitrogens with one attached hydrogen (secondary N) is 4. The molecule has 0 bridgehead atoms. The topological polar surface area (TPSA) is 309 Å². The summed E-state index contributed by atoms with van der Waals surface area (Å²) in [4.78, 5) is 71.3. The number of hydrogen-bond acceptors (Lipinski definition) is 23. The predicted octanol–water partition coefficient (Wildman–Crippen LogP) is 14.1. The van der Waals surface area contributed by atoms with Gasteiger partial charge in [0.15, 0.2) is 0 Å². The van der Waals surface area contributed by atoms with Crippen LogP contribution in [-0.2, 0) is 9.47 Å². The van der Waals surface area contributed by atoms with Crippen molar-refractivity contribution in [2.45, 2.75) is 220 Å². The van der Waals surface area contributed by atoms with Gasteiger partial charge in [0.05, 0.1) is 18.0 Å². The highest BCUT2D eigenvalue weighted by Crippen LogP contribution is 2.30. The summed E-state index contributed by atoms with van der Waals surface area (Å²) in [6, 6.07) is 21.2. The third kappa shape index (κ3) is 28.6. The molecule has 5 fully saturated rings. The zero-order valence-electron chi connectivity index (χ0n) is 57.1. The fraction of sp³-hybridized carbons (Fsp3) is 0.500. The molecule has 7 aromatic rings. The maximum Gasteiger partial charge on any atom is 0.407 e. The first-order valence-corrected chi connectivity index (χ1v) is 38.0. The molecule has 0 spiro atoms.